The van der Waals surface area contributed by atoms with Crippen LogP contribution in [0, 0.1) is 5.92 Å². The highest BCUT2D eigenvalue weighted by atomic mass is 35.5. The zero-order chi connectivity index (χ0) is 25.5. The topological polar surface area (TPSA) is 96.0 Å². The van der Waals surface area contributed by atoms with E-state index in [-0.39, 0.29) is 24.1 Å². The molecule has 0 saturated heterocycles. The SMILES string of the molecule is COc1cccc(N(CC(=O)N(Cc2cccc(Cl)c2)[C@H](C)C(=O)NCC(C)C)S(C)(=O)=O)c1. The van der Waals surface area contributed by atoms with Crippen LogP contribution in [0.4, 0.5) is 5.69 Å². The monoisotopic (exact) mass is 509 g/mol. The number of rotatable bonds is 11. The predicted molar refractivity (Wildman–Crippen MR) is 134 cm³/mol. The van der Waals surface area contributed by atoms with Crippen LogP contribution in [-0.2, 0) is 26.2 Å². The Hall–Kier alpha value is -2.78. The zero-order valence-corrected chi connectivity index (χ0v) is 21.7. The molecule has 0 aliphatic rings. The molecule has 2 rings (SSSR count). The maximum Gasteiger partial charge on any atom is 0.244 e. The van der Waals surface area contributed by atoms with E-state index >= 15 is 0 Å². The van der Waals surface area contributed by atoms with Gasteiger partial charge in [0.05, 0.1) is 19.1 Å². The molecule has 2 amide bonds. The molecule has 186 valence electrons. The second-order valence-electron chi connectivity index (χ2n) is 8.44. The Morgan fingerprint density at radius 2 is 1.76 bits per heavy atom. The average molecular weight is 510 g/mol. The number of carbonyl (C=O) groups is 2. The summed E-state index contributed by atoms with van der Waals surface area (Å²) >= 11 is 6.11. The Kier molecular flexibility index (Phi) is 9.76. The first-order chi connectivity index (χ1) is 15.9. The summed E-state index contributed by atoms with van der Waals surface area (Å²) < 4.78 is 31.4. The summed E-state index contributed by atoms with van der Waals surface area (Å²) in [4.78, 5) is 27.6. The van der Waals surface area contributed by atoms with E-state index in [1.807, 2.05) is 13.8 Å². The Bertz CT molecular complexity index is 1110. The third-order valence-corrected chi connectivity index (χ3v) is 6.49. The molecule has 0 aromatic heterocycles. The number of nitrogens with zero attached hydrogens (tertiary/aromatic N) is 2. The van der Waals surface area contributed by atoms with Crippen LogP contribution in [0.1, 0.15) is 26.3 Å². The maximum absolute atomic E-state index is 13.5. The van der Waals surface area contributed by atoms with Gasteiger partial charge in [0.25, 0.3) is 0 Å². The second-order valence-corrected chi connectivity index (χ2v) is 10.8. The van der Waals surface area contributed by atoms with Crippen molar-refractivity contribution in [3.8, 4) is 5.75 Å². The fraction of sp³-hybridized carbons (Fsp3) is 0.417. The minimum atomic E-state index is -3.81. The second kappa shape index (κ2) is 12.1. The average Bonchev–Trinajstić information content (AvgIpc) is 2.78. The zero-order valence-electron chi connectivity index (χ0n) is 20.1. The molecule has 0 bridgehead atoms. The molecule has 0 unspecified atom stereocenters. The van der Waals surface area contributed by atoms with E-state index in [9.17, 15) is 18.0 Å². The van der Waals surface area contributed by atoms with Crippen molar-refractivity contribution in [1.82, 2.24) is 10.2 Å². The van der Waals surface area contributed by atoms with Gasteiger partial charge in [-0.15, -0.1) is 0 Å². The summed E-state index contributed by atoms with van der Waals surface area (Å²) in [6, 6.07) is 12.6. The number of anilines is 1. The summed E-state index contributed by atoms with van der Waals surface area (Å²) in [5, 5.41) is 3.33. The molecular weight excluding hydrogens is 478 g/mol. The first-order valence-corrected chi connectivity index (χ1v) is 13.1. The van der Waals surface area contributed by atoms with Crippen molar-refractivity contribution in [2.75, 3.05) is 30.8 Å². The number of halogens is 1. The van der Waals surface area contributed by atoms with Gasteiger partial charge in [-0.1, -0.05) is 43.6 Å². The summed E-state index contributed by atoms with van der Waals surface area (Å²) in [6.45, 7) is 5.63. The fourth-order valence-corrected chi connectivity index (χ4v) is 4.30. The van der Waals surface area contributed by atoms with Gasteiger partial charge in [0.1, 0.15) is 18.3 Å². The van der Waals surface area contributed by atoms with Crippen molar-refractivity contribution < 1.29 is 22.7 Å². The van der Waals surface area contributed by atoms with Gasteiger partial charge in [0.15, 0.2) is 0 Å². The van der Waals surface area contributed by atoms with Crippen molar-refractivity contribution in [2.45, 2.75) is 33.4 Å². The quantitative estimate of drug-likeness (QED) is 0.501. The number of nitrogens with one attached hydrogen (secondary N) is 1. The van der Waals surface area contributed by atoms with Gasteiger partial charge in [-0.25, -0.2) is 8.42 Å². The molecule has 2 aromatic rings. The Labute approximate surface area is 206 Å². The normalized spacial score (nSPS) is 12.2. The van der Waals surface area contributed by atoms with Crippen LogP contribution in [-0.4, -0.2) is 57.6 Å². The number of ether oxygens (including phenoxy) is 1. The van der Waals surface area contributed by atoms with E-state index in [2.05, 4.69) is 5.32 Å². The van der Waals surface area contributed by atoms with Crippen molar-refractivity contribution in [1.29, 1.82) is 0 Å². The highest BCUT2D eigenvalue weighted by molar-refractivity contribution is 7.92. The molecule has 0 heterocycles. The molecule has 10 heteroatoms. The van der Waals surface area contributed by atoms with Crippen LogP contribution < -0.4 is 14.4 Å². The molecule has 0 aliphatic carbocycles. The first kappa shape index (κ1) is 27.5. The molecule has 34 heavy (non-hydrogen) atoms. The van der Waals surface area contributed by atoms with E-state index < -0.39 is 28.5 Å². The van der Waals surface area contributed by atoms with E-state index in [1.54, 1.807) is 49.4 Å². The highest BCUT2D eigenvalue weighted by Gasteiger charge is 2.30. The van der Waals surface area contributed by atoms with Crippen LogP contribution in [0.3, 0.4) is 0 Å². The van der Waals surface area contributed by atoms with Crippen molar-refractivity contribution >= 4 is 39.1 Å². The van der Waals surface area contributed by atoms with E-state index in [0.717, 1.165) is 16.1 Å². The van der Waals surface area contributed by atoms with Crippen LogP contribution in [0.15, 0.2) is 48.5 Å². The van der Waals surface area contributed by atoms with Gasteiger partial charge in [-0.2, -0.15) is 0 Å². The van der Waals surface area contributed by atoms with Gasteiger partial charge >= 0.3 is 0 Å². The highest BCUT2D eigenvalue weighted by Crippen LogP contribution is 2.24. The number of carbonyl (C=O) groups excluding carboxylic acids is 2. The lowest BCUT2D eigenvalue weighted by molar-refractivity contribution is -0.139. The molecule has 8 nitrogen and oxygen atoms in total. The summed E-state index contributed by atoms with van der Waals surface area (Å²) in [7, 11) is -2.34. The van der Waals surface area contributed by atoms with Gasteiger partial charge in [-0.3, -0.25) is 13.9 Å². The van der Waals surface area contributed by atoms with Crippen LogP contribution >= 0.6 is 11.6 Å². The Morgan fingerprint density at radius 1 is 1.09 bits per heavy atom. The van der Waals surface area contributed by atoms with Crippen LogP contribution in [0.2, 0.25) is 5.02 Å². The minimum absolute atomic E-state index is 0.0887. The largest absolute Gasteiger partial charge is 0.497 e. The molecule has 0 fully saturated rings. The van der Waals surface area contributed by atoms with E-state index in [0.29, 0.717) is 17.3 Å². The van der Waals surface area contributed by atoms with Crippen molar-refractivity contribution in [2.24, 2.45) is 5.92 Å². The summed E-state index contributed by atoms with van der Waals surface area (Å²) in [5.74, 6) is -0.158. The fourth-order valence-electron chi connectivity index (χ4n) is 3.25. The van der Waals surface area contributed by atoms with Crippen LogP contribution in [0.25, 0.3) is 0 Å². The third kappa shape index (κ3) is 7.92. The maximum atomic E-state index is 13.5. The Morgan fingerprint density at radius 3 is 2.35 bits per heavy atom. The number of amides is 2. The number of methoxy groups -OCH3 is 1. The van der Waals surface area contributed by atoms with E-state index in [1.165, 1.54) is 18.1 Å². The number of hydrogen-bond acceptors (Lipinski definition) is 5. The smallest absolute Gasteiger partial charge is 0.244 e. The summed E-state index contributed by atoms with van der Waals surface area (Å²) in [5.41, 5.74) is 1.01. The predicted octanol–water partition coefficient (Wildman–Crippen LogP) is 3.30. The molecule has 0 spiro atoms. The first-order valence-electron chi connectivity index (χ1n) is 10.9. The molecule has 0 radical (unpaired) electrons. The molecule has 1 N–H and O–H groups in total. The van der Waals surface area contributed by atoms with Gasteiger partial charge in [-0.05, 0) is 42.7 Å². The van der Waals surface area contributed by atoms with Crippen LogP contribution in [0.5, 0.6) is 5.75 Å². The Balaban J connectivity index is 2.38. The van der Waals surface area contributed by atoms with Crippen molar-refractivity contribution in [3.63, 3.8) is 0 Å². The standard InChI is InChI=1S/C24H32ClN3O5S/c1-17(2)14-26-24(30)18(3)27(15-19-8-6-9-20(25)12-19)23(29)16-28(34(5,31)32)21-10-7-11-22(13-21)33-4/h6-13,17-18H,14-16H2,1-5H3,(H,26,30)/t18-/m1/s1. The molecular formula is C24H32ClN3O5S. The molecule has 0 aliphatic heterocycles. The van der Waals surface area contributed by atoms with Gasteiger partial charge in [0.2, 0.25) is 21.8 Å². The molecule has 1 atom stereocenters. The van der Waals surface area contributed by atoms with Gasteiger partial charge in [0, 0.05) is 24.2 Å². The lowest BCUT2D eigenvalue weighted by Crippen LogP contribution is -2.51. The lowest BCUT2D eigenvalue weighted by atomic mass is 10.1. The molecule has 2 aromatic carbocycles. The number of sulfonamides is 1. The van der Waals surface area contributed by atoms with Crippen molar-refractivity contribution in [3.05, 3.63) is 59.1 Å². The lowest BCUT2D eigenvalue weighted by Gasteiger charge is -2.31. The third-order valence-electron chi connectivity index (χ3n) is 5.11. The van der Waals surface area contributed by atoms with E-state index in [4.69, 9.17) is 16.3 Å². The molecule has 0 saturated carbocycles. The number of hydrogen-bond donors (Lipinski definition) is 1. The summed E-state index contributed by atoms with van der Waals surface area (Å²) in [6.07, 6.45) is 1.03. The number of benzene rings is 2. The van der Waals surface area contributed by atoms with Gasteiger partial charge < -0.3 is 15.0 Å². The minimum Gasteiger partial charge on any atom is -0.497 e.